The van der Waals surface area contributed by atoms with Crippen LogP contribution in [0.5, 0.6) is 0 Å². The van der Waals surface area contributed by atoms with Gasteiger partial charge in [-0.25, -0.2) is 9.59 Å². The minimum absolute atomic E-state index is 0.0404. The van der Waals surface area contributed by atoms with Gasteiger partial charge in [0, 0.05) is 25.5 Å². The zero-order valence-corrected chi connectivity index (χ0v) is 10.1. The third-order valence-corrected chi connectivity index (χ3v) is 2.39. The zero-order chi connectivity index (χ0) is 12.8. The van der Waals surface area contributed by atoms with E-state index in [1.54, 1.807) is 23.9 Å². The molecule has 0 amide bonds. The maximum Gasteiger partial charge on any atom is 0.334 e. The Morgan fingerprint density at radius 1 is 1.41 bits per heavy atom. The van der Waals surface area contributed by atoms with Crippen molar-refractivity contribution in [2.45, 2.75) is 39.5 Å². The van der Waals surface area contributed by atoms with Crippen LogP contribution in [0.2, 0.25) is 0 Å². The van der Waals surface area contributed by atoms with Gasteiger partial charge in [-0.15, -0.1) is 0 Å². The van der Waals surface area contributed by atoms with E-state index in [0.29, 0.717) is 13.2 Å². The van der Waals surface area contributed by atoms with Crippen molar-refractivity contribution in [1.82, 2.24) is 9.13 Å². The topological polar surface area (TPSA) is 73.5 Å². The lowest BCUT2D eigenvalue weighted by molar-refractivity contribution is -0.151. The molecule has 1 rings (SSSR count). The molecule has 1 heterocycles. The standard InChI is InChI=1S/C11H18N2O4/c1-3-5-12-6-7-13(11(12)16)8-9(10(14)15)17-4-2/h6-7,9H,3-5,8H2,1-2H3,(H,14,15). The highest BCUT2D eigenvalue weighted by atomic mass is 16.5. The van der Waals surface area contributed by atoms with E-state index in [2.05, 4.69) is 0 Å². The van der Waals surface area contributed by atoms with Gasteiger partial charge in [0.1, 0.15) is 0 Å². The van der Waals surface area contributed by atoms with E-state index in [-0.39, 0.29) is 12.2 Å². The van der Waals surface area contributed by atoms with Crippen LogP contribution < -0.4 is 5.69 Å². The Bertz CT molecular complexity index is 421. The summed E-state index contributed by atoms with van der Waals surface area (Å²) in [5, 5.41) is 8.92. The molecule has 1 aromatic heterocycles. The van der Waals surface area contributed by atoms with Crippen molar-refractivity contribution in [2.75, 3.05) is 6.61 Å². The molecule has 17 heavy (non-hydrogen) atoms. The summed E-state index contributed by atoms with van der Waals surface area (Å²) in [4.78, 5) is 22.7. The second-order valence-corrected chi connectivity index (χ2v) is 3.71. The lowest BCUT2D eigenvalue weighted by Crippen LogP contribution is -2.34. The zero-order valence-electron chi connectivity index (χ0n) is 10.1. The van der Waals surface area contributed by atoms with Gasteiger partial charge in [-0.1, -0.05) is 6.92 Å². The molecule has 96 valence electrons. The second-order valence-electron chi connectivity index (χ2n) is 3.71. The number of hydrogen-bond donors (Lipinski definition) is 1. The highest BCUT2D eigenvalue weighted by Gasteiger charge is 2.19. The van der Waals surface area contributed by atoms with Crippen molar-refractivity contribution in [3.05, 3.63) is 22.9 Å². The lowest BCUT2D eigenvalue weighted by Gasteiger charge is -2.12. The summed E-state index contributed by atoms with van der Waals surface area (Å²) in [5.74, 6) is -1.05. The Labute approximate surface area is 99.4 Å². The predicted molar refractivity (Wildman–Crippen MR) is 62.0 cm³/mol. The van der Waals surface area contributed by atoms with Crippen LogP contribution in [0.3, 0.4) is 0 Å². The number of hydrogen-bond acceptors (Lipinski definition) is 3. The number of aliphatic carboxylic acids is 1. The molecule has 0 aliphatic carbocycles. The van der Waals surface area contributed by atoms with Crippen molar-refractivity contribution in [3.8, 4) is 0 Å². The molecule has 0 radical (unpaired) electrons. The quantitative estimate of drug-likeness (QED) is 0.757. The predicted octanol–water partition coefficient (Wildman–Crippen LogP) is 0.550. The normalized spacial score (nSPS) is 12.6. The van der Waals surface area contributed by atoms with Gasteiger partial charge < -0.3 is 9.84 Å². The Hall–Kier alpha value is -1.56. The first-order valence-electron chi connectivity index (χ1n) is 5.70. The Balaban J connectivity index is 2.79. The number of ether oxygens (including phenoxy) is 1. The fraction of sp³-hybridized carbons (Fsp3) is 0.636. The number of carboxylic acid groups (broad SMARTS) is 1. The van der Waals surface area contributed by atoms with E-state index in [1.807, 2.05) is 6.92 Å². The van der Waals surface area contributed by atoms with Crippen LogP contribution in [0.1, 0.15) is 20.3 Å². The van der Waals surface area contributed by atoms with Crippen molar-refractivity contribution < 1.29 is 14.6 Å². The number of nitrogens with zero attached hydrogens (tertiary/aromatic N) is 2. The summed E-state index contributed by atoms with van der Waals surface area (Å²) in [6.45, 7) is 4.68. The van der Waals surface area contributed by atoms with Crippen LogP contribution in [0.25, 0.3) is 0 Å². The van der Waals surface area contributed by atoms with Crippen LogP contribution in [-0.4, -0.2) is 32.9 Å². The fourth-order valence-electron chi connectivity index (χ4n) is 1.59. The molecule has 0 spiro atoms. The van der Waals surface area contributed by atoms with Crippen molar-refractivity contribution in [1.29, 1.82) is 0 Å². The molecule has 0 saturated heterocycles. The van der Waals surface area contributed by atoms with Crippen molar-refractivity contribution >= 4 is 5.97 Å². The summed E-state index contributed by atoms with van der Waals surface area (Å²) in [5.41, 5.74) is -0.196. The first-order valence-corrected chi connectivity index (χ1v) is 5.70. The van der Waals surface area contributed by atoms with Crippen molar-refractivity contribution in [2.24, 2.45) is 0 Å². The van der Waals surface area contributed by atoms with Crippen LogP contribution in [0.15, 0.2) is 17.2 Å². The molecule has 1 N–H and O–H groups in total. The molecule has 0 aromatic carbocycles. The Morgan fingerprint density at radius 3 is 2.59 bits per heavy atom. The molecular weight excluding hydrogens is 224 g/mol. The van der Waals surface area contributed by atoms with Gasteiger partial charge in [0.2, 0.25) is 0 Å². The number of imidazole rings is 1. The largest absolute Gasteiger partial charge is 0.479 e. The molecule has 0 fully saturated rings. The number of aromatic nitrogens is 2. The van der Waals surface area contributed by atoms with Crippen LogP contribution in [-0.2, 0) is 22.6 Å². The third kappa shape index (κ3) is 3.45. The van der Waals surface area contributed by atoms with Crippen LogP contribution in [0, 0.1) is 0 Å². The van der Waals surface area contributed by atoms with E-state index < -0.39 is 12.1 Å². The molecule has 0 aliphatic rings. The molecule has 1 aromatic rings. The lowest BCUT2D eigenvalue weighted by atomic mass is 10.3. The average molecular weight is 242 g/mol. The summed E-state index contributed by atoms with van der Waals surface area (Å²) in [7, 11) is 0. The molecular formula is C11H18N2O4. The first-order chi connectivity index (χ1) is 8.10. The smallest absolute Gasteiger partial charge is 0.334 e. The SMILES string of the molecule is CCCn1ccn(CC(OCC)C(=O)O)c1=O. The second kappa shape index (κ2) is 6.24. The van der Waals surface area contributed by atoms with Gasteiger partial charge in [-0.05, 0) is 13.3 Å². The number of carboxylic acids is 1. The summed E-state index contributed by atoms with van der Waals surface area (Å²) >= 11 is 0. The van der Waals surface area contributed by atoms with Crippen molar-refractivity contribution in [3.63, 3.8) is 0 Å². The maximum atomic E-state index is 11.8. The van der Waals surface area contributed by atoms with Crippen LogP contribution in [0.4, 0.5) is 0 Å². The highest BCUT2D eigenvalue weighted by molar-refractivity contribution is 5.72. The van der Waals surface area contributed by atoms with Gasteiger partial charge in [-0.2, -0.15) is 0 Å². The van der Waals surface area contributed by atoms with Gasteiger partial charge in [0.25, 0.3) is 0 Å². The Kier molecular flexibility index (Phi) is 4.96. The Morgan fingerprint density at radius 2 is 2.06 bits per heavy atom. The third-order valence-electron chi connectivity index (χ3n) is 2.39. The first kappa shape index (κ1) is 13.5. The molecule has 0 aliphatic heterocycles. The van der Waals surface area contributed by atoms with Crippen LogP contribution >= 0.6 is 0 Å². The number of aryl methyl sites for hydroxylation is 1. The molecule has 0 saturated carbocycles. The molecule has 1 atom stereocenters. The fourth-order valence-corrected chi connectivity index (χ4v) is 1.59. The molecule has 6 nitrogen and oxygen atoms in total. The summed E-state index contributed by atoms with van der Waals surface area (Å²) < 4.78 is 7.99. The number of carbonyl (C=O) groups is 1. The highest BCUT2D eigenvalue weighted by Crippen LogP contribution is 1.97. The maximum absolute atomic E-state index is 11.8. The summed E-state index contributed by atoms with van der Waals surface area (Å²) in [6, 6.07) is 0. The van der Waals surface area contributed by atoms with Gasteiger partial charge in [0.05, 0.1) is 6.54 Å². The van der Waals surface area contributed by atoms with Gasteiger partial charge >= 0.3 is 11.7 Å². The number of rotatable bonds is 7. The molecule has 0 bridgehead atoms. The van der Waals surface area contributed by atoms with E-state index in [0.717, 1.165) is 6.42 Å². The van der Waals surface area contributed by atoms with Gasteiger partial charge in [-0.3, -0.25) is 9.13 Å². The molecule has 1 unspecified atom stereocenters. The van der Waals surface area contributed by atoms with E-state index in [9.17, 15) is 9.59 Å². The molecule has 6 heteroatoms. The van der Waals surface area contributed by atoms with E-state index in [1.165, 1.54) is 4.57 Å². The van der Waals surface area contributed by atoms with Gasteiger partial charge in [0.15, 0.2) is 6.10 Å². The van der Waals surface area contributed by atoms with E-state index in [4.69, 9.17) is 9.84 Å². The average Bonchev–Trinajstić information content (AvgIpc) is 2.61. The minimum atomic E-state index is -1.05. The monoisotopic (exact) mass is 242 g/mol. The minimum Gasteiger partial charge on any atom is -0.479 e. The van der Waals surface area contributed by atoms with E-state index >= 15 is 0 Å². The summed E-state index contributed by atoms with van der Waals surface area (Å²) in [6.07, 6.45) is 3.14.